The molecule has 5 nitrogen and oxygen atoms in total. The highest BCUT2D eigenvalue weighted by Crippen LogP contribution is 2.18. The molecule has 3 aromatic rings. The molecule has 0 fully saturated rings. The summed E-state index contributed by atoms with van der Waals surface area (Å²) in [5.74, 6) is 1.65. The molecule has 0 N–H and O–H groups in total. The van der Waals surface area contributed by atoms with Gasteiger partial charge in [0, 0.05) is 23.8 Å². The number of aryl methyl sites for hydroxylation is 1. The van der Waals surface area contributed by atoms with Crippen molar-refractivity contribution in [3.8, 4) is 5.69 Å². The lowest BCUT2D eigenvalue weighted by Crippen LogP contribution is -2.13. The van der Waals surface area contributed by atoms with Crippen LogP contribution in [0.3, 0.4) is 0 Å². The van der Waals surface area contributed by atoms with Gasteiger partial charge in [-0.25, -0.2) is 9.67 Å². The van der Waals surface area contributed by atoms with E-state index in [0.717, 1.165) is 23.8 Å². The number of aromatic nitrogens is 5. The first-order valence-corrected chi connectivity index (χ1v) is 7.19. The summed E-state index contributed by atoms with van der Waals surface area (Å²) >= 11 is 6.07. The van der Waals surface area contributed by atoms with Gasteiger partial charge < -0.3 is 0 Å². The fourth-order valence-electron chi connectivity index (χ4n) is 2.30. The first kappa shape index (κ1) is 13.8. The third kappa shape index (κ3) is 2.97. The number of benzene rings is 1. The van der Waals surface area contributed by atoms with E-state index < -0.39 is 0 Å². The van der Waals surface area contributed by atoms with Crippen molar-refractivity contribution in [3.05, 3.63) is 59.4 Å². The molecule has 3 rings (SSSR count). The van der Waals surface area contributed by atoms with Crippen LogP contribution in [0.2, 0.25) is 5.02 Å². The summed E-state index contributed by atoms with van der Waals surface area (Å²) in [6.45, 7) is 4.00. The zero-order valence-corrected chi connectivity index (χ0v) is 12.7. The van der Waals surface area contributed by atoms with E-state index in [1.54, 1.807) is 6.20 Å². The molecule has 0 aliphatic rings. The summed E-state index contributed by atoms with van der Waals surface area (Å²) in [4.78, 5) is 4.53. The van der Waals surface area contributed by atoms with Crippen LogP contribution in [-0.2, 0) is 6.42 Å². The van der Waals surface area contributed by atoms with Crippen molar-refractivity contribution in [3.63, 3.8) is 0 Å². The maximum atomic E-state index is 6.07. The lowest BCUT2D eigenvalue weighted by atomic mass is 10.2. The van der Waals surface area contributed by atoms with E-state index in [0.29, 0.717) is 5.02 Å². The predicted molar refractivity (Wildman–Crippen MR) is 81.7 cm³/mol. The van der Waals surface area contributed by atoms with E-state index in [1.807, 2.05) is 52.8 Å². The van der Waals surface area contributed by atoms with Crippen LogP contribution in [-0.4, -0.2) is 24.5 Å². The quantitative estimate of drug-likeness (QED) is 0.743. The highest BCUT2D eigenvalue weighted by molar-refractivity contribution is 6.30. The first-order chi connectivity index (χ1) is 10.1. The molecule has 0 aliphatic carbocycles. The van der Waals surface area contributed by atoms with Gasteiger partial charge in [-0.1, -0.05) is 17.7 Å². The molecule has 21 heavy (non-hydrogen) atoms. The Labute approximate surface area is 128 Å². The molecule has 0 saturated heterocycles. The van der Waals surface area contributed by atoms with Gasteiger partial charge >= 0.3 is 0 Å². The molecular formula is C15H16ClN5. The van der Waals surface area contributed by atoms with Crippen molar-refractivity contribution in [2.24, 2.45) is 0 Å². The van der Waals surface area contributed by atoms with Gasteiger partial charge in [-0.15, -0.1) is 0 Å². The van der Waals surface area contributed by atoms with Gasteiger partial charge in [0.1, 0.15) is 11.6 Å². The minimum absolute atomic E-state index is 0.210. The van der Waals surface area contributed by atoms with Crippen molar-refractivity contribution >= 4 is 11.6 Å². The predicted octanol–water partition coefficient (Wildman–Crippen LogP) is 3.23. The molecule has 0 bridgehead atoms. The Morgan fingerprint density at radius 3 is 2.86 bits per heavy atom. The van der Waals surface area contributed by atoms with Gasteiger partial charge in [0.25, 0.3) is 0 Å². The zero-order chi connectivity index (χ0) is 14.8. The third-order valence-electron chi connectivity index (χ3n) is 3.29. The minimum atomic E-state index is 0.210. The Hall–Kier alpha value is -2.14. The second-order valence-corrected chi connectivity index (χ2v) is 5.44. The third-order valence-corrected chi connectivity index (χ3v) is 3.52. The summed E-state index contributed by atoms with van der Waals surface area (Å²) < 4.78 is 3.77. The molecule has 0 unspecified atom stereocenters. The zero-order valence-electron chi connectivity index (χ0n) is 11.9. The summed E-state index contributed by atoms with van der Waals surface area (Å²) in [7, 11) is 0. The largest absolute Gasteiger partial charge is 0.270 e. The van der Waals surface area contributed by atoms with Crippen LogP contribution >= 0.6 is 11.6 Å². The van der Waals surface area contributed by atoms with Crippen LogP contribution < -0.4 is 0 Å². The smallest absolute Gasteiger partial charge is 0.148 e. The fourth-order valence-corrected chi connectivity index (χ4v) is 2.49. The Bertz CT molecular complexity index is 732. The number of rotatable bonds is 4. The van der Waals surface area contributed by atoms with Gasteiger partial charge in [-0.2, -0.15) is 10.2 Å². The van der Waals surface area contributed by atoms with Crippen LogP contribution in [0.4, 0.5) is 0 Å². The van der Waals surface area contributed by atoms with E-state index in [9.17, 15) is 0 Å². The SMILES string of the molecule is Cc1nc(C[C@@H](C)n2cccn2)n(-c2cccc(Cl)c2)n1. The van der Waals surface area contributed by atoms with Crippen LogP contribution in [0.25, 0.3) is 5.69 Å². The summed E-state index contributed by atoms with van der Waals surface area (Å²) in [5, 5.41) is 9.43. The lowest BCUT2D eigenvalue weighted by molar-refractivity contribution is 0.474. The van der Waals surface area contributed by atoms with Crippen molar-refractivity contribution in [1.82, 2.24) is 24.5 Å². The normalized spacial score (nSPS) is 12.5. The fraction of sp³-hybridized carbons (Fsp3) is 0.267. The van der Waals surface area contributed by atoms with Gasteiger partial charge in [0.05, 0.1) is 11.7 Å². The maximum Gasteiger partial charge on any atom is 0.148 e. The Kier molecular flexibility index (Phi) is 3.75. The lowest BCUT2D eigenvalue weighted by Gasteiger charge is -2.12. The summed E-state index contributed by atoms with van der Waals surface area (Å²) in [5.41, 5.74) is 0.922. The van der Waals surface area contributed by atoms with Crippen molar-refractivity contribution < 1.29 is 0 Å². The molecule has 0 aliphatic heterocycles. The molecule has 0 spiro atoms. The molecule has 108 valence electrons. The highest BCUT2D eigenvalue weighted by Gasteiger charge is 2.14. The van der Waals surface area contributed by atoms with Crippen molar-refractivity contribution in [1.29, 1.82) is 0 Å². The topological polar surface area (TPSA) is 48.5 Å². The van der Waals surface area contributed by atoms with Crippen LogP contribution in [0.15, 0.2) is 42.7 Å². The number of hydrogen-bond donors (Lipinski definition) is 0. The molecule has 1 aromatic carbocycles. The molecule has 0 radical (unpaired) electrons. The molecule has 2 aromatic heterocycles. The minimum Gasteiger partial charge on any atom is -0.270 e. The van der Waals surface area contributed by atoms with Crippen molar-refractivity contribution in [2.75, 3.05) is 0 Å². The first-order valence-electron chi connectivity index (χ1n) is 6.81. The van der Waals surface area contributed by atoms with Crippen molar-refractivity contribution in [2.45, 2.75) is 26.3 Å². The van der Waals surface area contributed by atoms with Gasteiger partial charge in [-0.3, -0.25) is 4.68 Å². The molecule has 1 atom stereocenters. The second kappa shape index (κ2) is 5.69. The highest BCUT2D eigenvalue weighted by atomic mass is 35.5. The molecule has 0 saturated carbocycles. The van der Waals surface area contributed by atoms with Gasteiger partial charge in [0.15, 0.2) is 0 Å². The molecular weight excluding hydrogens is 286 g/mol. The average Bonchev–Trinajstić information content (AvgIpc) is 3.08. The Morgan fingerprint density at radius 1 is 1.29 bits per heavy atom. The van der Waals surface area contributed by atoms with Crippen LogP contribution in [0.1, 0.15) is 24.6 Å². The van der Waals surface area contributed by atoms with E-state index in [2.05, 4.69) is 22.1 Å². The Morgan fingerprint density at radius 2 is 2.14 bits per heavy atom. The van der Waals surface area contributed by atoms with Crippen LogP contribution in [0, 0.1) is 6.92 Å². The number of nitrogens with zero attached hydrogens (tertiary/aromatic N) is 5. The molecule has 6 heteroatoms. The number of hydrogen-bond acceptors (Lipinski definition) is 3. The summed E-state index contributed by atoms with van der Waals surface area (Å²) in [6, 6.07) is 9.75. The average molecular weight is 302 g/mol. The number of halogens is 1. The monoisotopic (exact) mass is 301 g/mol. The van der Waals surface area contributed by atoms with Crippen LogP contribution in [0.5, 0.6) is 0 Å². The van der Waals surface area contributed by atoms with Gasteiger partial charge in [0.2, 0.25) is 0 Å². The second-order valence-electron chi connectivity index (χ2n) is 5.01. The van der Waals surface area contributed by atoms with Gasteiger partial charge in [-0.05, 0) is 38.1 Å². The molecule has 2 heterocycles. The van der Waals surface area contributed by atoms with E-state index in [4.69, 9.17) is 11.6 Å². The van der Waals surface area contributed by atoms with E-state index >= 15 is 0 Å². The summed E-state index contributed by atoms with van der Waals surface area (Å²) in [6.07, 6.45) is 4.48. The van der Waals surface area contributed by atoms with E-state index in [-0.39, 0.29) is 6.04 Å². The van der Waals surface area contributed by atoms with E-state index in [1.165, 1.54) is 0 Å². The maximum absolute atomic E-state index is 6.07. The Balaban J connectivity index is 1.93. The standard InChI is InChI=1S/C15H16ClN5/c1-11(20-8-4-7-17-20)9-15-18-12(2)19-21(15)14-6-3-5-13(16)10-14/h3-8,10-11H,9H2,1-2H3/t11-/m1/s1. The molecule has 0 amide bonds.